The number of aromatic nitrogens is 5. The van der Waals surface area contributed by atoms with Crippen molar-refractivity contribution < 1.29 is 4.79 Å². The van der Waals surface area contributed by atoms with E-state index in [9.17, 15) is 4.79 Å². The van der Waals surface area contributed by atoms with Crippen molar-refractivity contribution in [3.63, 3.8) is 0 Å². The summed E-state index contributed by atoms with van der Waals surface area (Å²) in [6.07, 6.45) is 3.65. The zero-order valence-electron chi connectivity index (χ0n) is 18.8. The van der Waals surface area contributed by atoms with Crippen LogP contribution in [0.2, 0.25) is 0 Å². The third kappa shape index (κ3) is 4.13. The predicted molar refractivity (Wildman–Crippen MR) is 129 cm³/mol. The second kappa shape index (κ2) is 8.35. The second-order valence-corrected chi connectivity index (χ2v) is 8.18. The summed E-state index contributed by atoms with van der Waals surface area (Å²) in [5.41, 5.74) is 6.28. The number of anilines is 1. The number of benzene rings is 2. The lowest BCUT2D eigenvalue weighted by Crippen LogP contribution is -2.14. The summed E-state index contributed by atoms with van der Waals surface area (Å²) in [7, 11) is 1.89. The van der Waals surface area contributed by atoms with Gasteiger partial charge in [0.05, 0.1) is 29.5 Å². The molecular weight excluding hydrogens is 412 g/mol. The van der Waals surface area contributed by atoms with Gasteiger partial charge in [0.2, 0.25) is 0 Å². The number of carbonyl (C=O) groups excluding carboxylic acids is 1. The molecule has 5 rings (SSSR count). The van der Waals surface area contributed by atoms with E-state index in [0.29, 0.717) is 17.9 Å². The normalized spacial score (nSPS) is 11.1. The molecule has 0 aliphatic heterocycles. The smallest absolute Gasteiger partial charge is 0.257 e. The maximum absolute atomic E-state index is 13.3. The van der Waals surface area contributed by atoms with E-state index in [1.54, 1.807) is 10.9 Å². The van der Waals surface area contributed by atoms with Crippen molar-refractivity contribution in [2.24, 2.45) is 7.05 Å². The molecule has 0 aliphatic rings. The first kappa shape index (κ1) is 20.6. The van der Waals surface area contributed by atoms with Gasteiger partial charge in [0.15, 0.2) is 5.82 Å². The van der Waals surface area contributed by atoms with E-state index in [2.05, 4.69) is 40.6 Å². The first-order chi connectivity index (χ1) is 16.0. The Morgan fingerprint density at radius 1 is 1.03 bits per heavy atom. The molecule has 164 valence electrons. The molecule has 0 unspecified atom stereocenters. The van der Waals surface area contributed by atoms with Crippen molar-refractivity contribution in [1.29, 1.82) is 0 Å². The van der Waals surface area contributed by atoms with E-state index in [-0.39, 0.29) is 5.91 Å². The van der Waals surface area contributed by atoms with Crippen LogP contribution < -0.4 is 5.32 Å². The Kier molecular flexibility index (Phi) is 5.22. The number of carbonyl (C=O) groups is 1. The van der Waals surface area contributed by atoms with Crippen molar-refractivity contribution in [3.8, 4) is 11.3 Å². The fraction of sp³-hybridized carbons (Fsp3) is 0.154. The summed E-state index contributed by atoms with van der Waals surface area (Å²) in [5, 5.41) is 12.6. The van der Waals surface area contributed by atoms with Crippen LogP contribution in [0.15, 0.2) is 73.1 Å². The molecule has 0 radical (unpaired) electrons. The molecule has 33 heavy (non-hydrogen) atoms. The van der Waals surface area contributed by atoms with E-state index in [0.717, 1.165) is 33.4 Å². The van der Waals surface area contributed by atoms with E-state index >= 15 is 0 Å². The molecule has 2 aromatic carbocycles. The molecule has 0 saturated carbocycles. The van der Waals surface area contributed by atoms with Crippen LogP contribution in [-0.2, 0) is 13.6 Å². The van der Waals surface area contributed by atoms with Crippen LogP contribution in [0.3, 0.4) is 0 Å². The number of hydrogen-bond donors (Lipinski definition) is 1. The van der Waals surface area contributed by atoms with Crippen molar-refractivity contribution in [2.45, 2.75) is 20.4 Å². The van der Waals surface area contributed by atoms with Crippen LogP contribution in [0, 0.1) is 13.8 Å². The third-order valence-corrected chi connectivity index (χ3v) is 5.78. The number of pyridine rings is 1. The largest absolute Gasteiger partial charge is 0.305 e. The van der Waals surface area contributed by atoms with Gasteiger partial charge in [-0.05, 0) is 31.5 Å². The molecule has 7 heteroatoms. The first-order valence-corrected chi connectivity index (χ1v) is 10.8. The second-order valence-electron chi connectivity index (χ2n) is 8.18. The number of nitrogens with zero attached hydrogens (tertiary/aromatic N) is 5. The average Bonchev–Trinajstić information content (AvgIpc) is 3.38. The fourth-order valence-electron chi connectivity index (χ4n) is 3.95. The number of aryl methyl sites for hydroxylation is 2. The molecule has 1 N–H and O–H groups in total. The Morgan fingerprint density at radius 2 is 1.88 bits per heavy atom. The maximum Gasteiger partial charge on any atom is 0.257 e. The van der Waals surface area contributed by atoms with E-state index < -0.39 is 0 Å². The van der Waals surface area contributed by atoms with E-state index in [4.69, 9.17) is 4.98 Å². The van der Waals surface area contributed by atoms with Gasteiger partial charge < -0.3 is 5.32 Å². The minimum absolute atomic E-state index is 0.225. The van der Waals surface area contributed by atoms with Crippen molar-refractivity contribution in [2.75, 3.05) is 5.32 Å². The number of para-hydroxylation sites is 1. The Labute approximate surface area is 191 Å². The number of nitrogens with one attached hydrogen (secondary N) is 1. The van der Waals surface area contributed by atoms with E-state index in [1.807, 2.05) is 67.3 Å². The first-order valence-electron chi connectivity index (χ1n) is 10.8. The van der Waals surface area contributed by atoms with Gasteiger partial charge >= 0.3 is 0 Å². The highest BCUT2D eigenvalue weighted by Crippen LogP contribution is 2.27. The lowest BCUT2D eigenvalue weighted by atomic mass is 10.0. The number of rotatable bonds is 5. The Hall–Kier alpha value is -4.26. The van der Waals surface area contributed by atoms with Gasteiger partial charge in [0.25, 0.3) is 5.91 Å². The number of fused-ring (bicyclic) bond motifs is 1. The van der Waals surface area contributed by atoms with Crippen molar-refractivity contribution >= 4 is 22.6 Å². The summed E-state index contributed by atoms with van der Waals surface area (Å²) in [6.45, 7) is 4.69. The molecule has 1 amide bonds. The minimum Gasteiger partial charge on any atom is -0.305 e. The third-order valence-electron chi connectivity index (χ3n) is 5.78. The minimum atomic E-state index is -0.225. The van der Waals surface area contributed by atoms with Gasteiger partial charge in [0, 0.05) is 36.0 Å². The van der Waals surface area contributed by atoms with Gasteiger partial charge in [-0.25, -0.2) is 4.98 Å². The lowest BCUT2D eigenvalue weighted by Gasteiger charge is -2.09. The van der Waals surface area contributed by atoms with Crippen LogP contribution in [0.25, 0.3) is 22.2 Å². The monoisotopic (exact) mass is 436 g/mol. The molecule has 3 aromatic heterocycles. The molecule has 3 heterocycles. The summed E-state index contributed by atoms with van der Waals surface area (Å²) in [5.74, 6) is 0.282. The highest BCUT2D eigenvalue weighted by Gasteiger charge is 2.17. The molecule has 0 saturated heterocycles. The highest BCUT2D eigenvalue weighted by molar-refractivity contribution is 6.12. The Balaban J connectivity index is 1.45. The van der Waals surface area contributed by atoms with Crippen molar-refractivity contribution in [3.05, 3.63) is 95.4 Å². The Bertz CT molecular complexity index is 1480. The van der Waals surface area contributed by atoms with Crippen LogP contribution in [0.1, 0.15) is 27.2 Å². The van der Waals surface area contributed by atoms with Crippen LogP contribution in [0.4, 0.5) is 5.82 Å². The van der Waals surface area contributed by atoms with Crippen LogP contribution in [0.5, 0.6) is 0 Å². The Morgan fingerprint density at radius 3 is 2.67 bits per heavy atom. The SMILES string of the molecule is Cc1cccc(Cn2ccc(NC(=O)c3cc(-c4cnn(C)c4C)nc4ccccc34)n2)c1. The van der Waals surface area contributed by atoms with E-state index in [1.165, 1.54) is 5.56 Å². The molecule has 0 fully saturated rings. The molecule has 0 spiro atoms. The molecule has 0 bridgehead atoms. The topological polar surface area (TPSA) is 77.6 Å². The quantitative estimate of drug-likeness (QED) is 0.431. The van der Waals surface area contributed by atoms with Gasteiger partial charge in [-0.1, -0.05) is 48.0 Å². The fourth-order valence-corrected chi connectivity index (χ4v) is 3.95. The van der Waals surface area contributed by atoms with Crippen molar-refractivity contribution in [1.82, 2.24) is 24.5 Å². The summed E-state index contributed by atoms with van der Waals surface area (Å²) in [6, 6.07) is 19.6. The molecular formula is C26H24N6O. The number of amides is 1. The predicted octanol–water partition coefficient (Wildman–Crippen LogP) is 4.75. The highest BCUT2D eigenvalue weighted by atomic mass is 16.1. The maximum atomic E-state index is 13.3. The van der Waals surface area contributed by atoms with Gasteiger partial charge in [-0.2, -0.15) is 10.2 Å². The molecule has 0 aliphatic carbocycles. The summed E-state index contributed by atoms with van der Waals surface area (Å²) < 4.78 is 3.62. The van der Waals surface area contributed by atoms with Crippen LogP contribution >= 0.6 is 0 Å². The molecule has 0 atom stereocenters. The van der Waals surface area contributed by atoms with Gasteiger partial charge in [-0.15, -0.1) is 0 Å². The zero-order chi connectivity index (χ0) is 22.9. The lowest BCUT2D eigenvalue weighted by molar-refractivity contribution is 0.102. The van der Waals surface area contributed by atoms with Crippen LogP contribution in [-0.4, -0.2) is 30.5 Å². The summed E-state index contributed by atoms with van der Waals surface area (Å²) in [4.78, 5) is 18.1. The average molecular weight is 437 g/mol. The number of hydrogen-bond acceptors (Lipinski definition) is 4. The standard InChI is InChI=1S/C26H24N6O/c1-17-7-6-8-19(13-17)16-32-12-11-25(30-32)29-26(33)21-14-24(22-15-27-31(3)18(22)2)28-23-10-5-4-9-20(21)23/h4-15H,16H2,1-3H3,(H,29,30,33). The molecule has 7 nitrogen and oxygen atoms in total. The molecule has 5 aromatic rings. The summed E-state index contributed by atoms with van der Waals surface area (Å²) >= 11 is 0. The van der Waals surface area contributed by atoms with Gasteiger partial charge in [-0.3, -0.25) is 14.2 Å². The zero-order valence-corrected chi connectivity index (χ0v) is 18.8. The van der Waals surface area contributed by atoms with Gasteiger partial charge in [0.1, 0.15) is 0 Å².